The van der Waals surface area contributed by atoms with E-state index in [9.17, 15) is 0 Å². The van der Waals surface area contributed by atoms with Gasteiger partial charge in [0, 0.05) is 0 Å². The van der Waals surface area contributed by atoms with E-state index in [0.29, 0.717) is 0 Å². The summed E-state index contributed by atoms with van der Waals surface area (Å²) in [6.07, 6.45) is 0. The van der Waals surface area contributed by atoms with Crippen LogP contribution in [-0.2, 0) is 21.1 Å². The maximum atomic E-state index is 6.08. The van der Waals surface area contributed by atoms with E-state index < -0.39 is 59.2 Å². The summed E-state index contributed by atoms with van der Waals surface area (Å²) in [5.41, 5.74) is 6.23. The molecule has 0 atom stereocenters. The van der Waals surface area contributed by atoms with E-state index in [1.165, 1.54) is 0 Å². The third-order valence-electron chi connectivity index (χ3n) is 13.3. The molecule has 12 nitrogen and oxygen atoms in total. The summed E-state index contributed by atoms with van der Waals surface area (Å²) >= 11 is -6.11. The van der Waals surface area contributed by atoms with Crippen molar-refractivity contribution in [3.05, 3.63) is 361 Å². The van der Waals surface area contributed by atoms with Gasteiger partial charge in [-0.15, -0.1) is 0 Å². The number of rotatable bonds is 24. The van der Waals surface area contributed by atoms with E-state index in [0.717, 1.165) is 102 Å². The molecule has 482 valence electrons. The van der Waals surface area contributed by atoms with Crippen molar-refractivity contribution in [3.63, 3.8) is 0 Å². The van der Waals surface area contributed by atoms with Crippen molar-refractivity contribution >= 4 is 59.2 Å². The second-order valence-corrected chi connectivity index (χ2v) is 28.9. The summed E-state index contributed by atoms with van der Waals surface area (Å²) in [4.78, 5) is 0. The molecule has 17 heteroatoms. The monoisotopic (exact) mass is 1700 g/mol. The first kappa shape index (κ1) is 72.2. The average Bonchev–Trinajstić information content (AvgIpc) is 1.15. The van der Waals surface area contributed by atoms with Crippen LogP contribution in [0.4, 0.5) is 0 Å². The first-order valence-electron chi connectivity index (χ1n) is 30.2. The normalized spacial score (nSPS) is 10.3. The van der Waals surface area contributed by atoms with E-state index in [1.807, 2.05) is 369 Å². The second-order valence-electron chi connectivity index (χ2n) is 20.6. The molecule has 12 aromatic rings. The zero-order chi connectivity index (χ0) is 65.4. The Hall–Kier alpha value is -8.61. The fourth-order valence-corrected chi connectivity index (χ4v) is 16.9. The fourth-order valence-electron chi connectivity index (χ4n) is 8.18. The molecule has 0 saturated heterocycles. The van der Waals surface area contributed by atoms with Crippen LogP contribution in [0.15, 0.2) is 328 Å². The van der Waals surface area contributed by atoms with Crippen LogP contribution in [0.5, 0.6) is 69.0 Å². The molecule has 0 fully saturated rings. The maximum absolute atomic E-state index is 6.08. The standard InChI is InChI=1S/2C21H21O3P.6C6H6O.Pt.2Sn/c2*1-16-10-4-7-13-19(16)22-25(23-20-14-8-5-11-17(20)2)24-21-15-9-6-12-18(21)3;6*7-6-4-2-1-3-5-6;;;/h2*4-15H,1-3H3;6*1-5,7H;;;/q;;;;;;;;+2;2*+3/p-6. The molecule has 95 heavy (non-hydrogen) atoms. The first-order valence-corrected chi connectivity index (χ1v) is 39.4. The average molecular weight is 1700 g/mol. The van der Waals surface area contributed by atoms with Crippen molar-refractivity contribution in [3.8, 4) is 69.0 Å². The van der Waals surface area contributed by atoms with E-state index in [2.05, 4.69) is 0 Å². The predicted octanol–water partition coefficient (Wildman–Crippen LogP) is 21.2. The first-order chi connectivity index (χ1) is 46.1. The minimum atomic E-state index is -3.06. The fraction of sp³-hybridized carbons (Fsp3) is 0.0769. The van der Waals surface area contributed by atoms with Crippen molar-refractivity contribution < 1.29 is 66.7 Å². The van der Waals surface area contributed by atoms with Gasteiger partial charge in [-0.1, -0.05) is 109 Å². The van der Waals surface area contributed by atoms with Gasteiger partial charge in [-0.25, -0.2) is 0 Å². The molecule has 0 bridgehead atoms. The Morgan fingerprint density at radius 2 is 0.305 bits per heavy atom. The summed E-state index contributed by atoms with van der Waals surface area (Å²) in [5, 5.41) is 0. The minimum absolute atomic E-state index is 0. The van der Waals surface area contributed by atoms with Crippen LogP contribution in [-0.4, -0.2) is 42.0 Å². The molecule has 0 amide bonds. The van der Waals surface area contributed by atoms with E-state index >= 15 is 0 Å². The Balaban J connectivity index is 0.000000162. The molecule has 2 radical (unpaired) electrons. The van der Waals surface area contributed by atoms with Crippen molar-refractivity contribution in [2.75, 3.05) is 0 Å². The van der Waals surface area contributed by atoms with Gasteiger partial charge >= 0.3 is 315 Å². The molecule has 0 N–H and O–H groups in total. The van der Waals surface area contributed by atoms with Crippen molar-refractivity contribution in [2.45, 2.75) is 41.5 Å². The summed E-state index contributed by atoms with van der Waals surface area (Å²) in [7, 11) is -3.28. The van der Waals surface area contributed by atoms with Crippen LogP contribution in [0.3, 0.4) is 0 Å². The van der Waals surface area contributed by atoms with Gasteiger partial charge in [0.05, 0.1) is 0 Å². The number of hydrogen-bond acceptors (Lipinski definition) is 12. The zero-order valence-electron chi connectivity index (χ0n) is 53.3. The van der Waals surface area contributed by atoms with Crippen LogP contribution >= 0.6 is 17.2 Å². The van der Waals surface area contributed by atoms with Crippen LogP contribution in [0.25, 0.3) is 0 Å². The summed E-state index contributed by atoms with van der Waals surface area (Å²) in [6, 6.07) is 105. The molecule has 0 spiro atoms. The van der Waals surface area contributed by atoms with Crippen molar-refractivity contribution in [1.82, 2.24) is 0 Å². The Labute approximate surface area is 592 Å². The van der Waals surface area contributed by atoms with Crippen molar-refractivity contribution in [2.24, 2.45) is 0 Å². The number of benzene rings is 12. The molecule has 0 saturated carbocycles. The molecule has 0 aliphatic carbocycles. The van der Waals surface area contributed by atoms with Crippen LogP contribution in [0.1, 0.15) is 33.4 Å². The molecular weight excluding hydrogens is 1620 g/mol. The number of para-hydroxylation sites is 12. The van der Waals surface area contributed by atoms with Gasteiger partial charge in [0.2, 0.25) is 0 Å². The number of aryl methyl sites for hydroxylation is 6. The van der Waals surface area contributed by atoms with Crippen LogP contribution < -0.4 is 45.6 Å². The molecule has 12 rings (SSSR count). The molecule has 0 aliphatic rings. The SMILES string of the molecule is Cc1ccccc1OP(Oc1ccccc1C)Oc1ccccc1C.Cc1ccccc1OP(Oc1ccccc1C)Oc1ccccc1C.[Pt+2].c1ccc([O][Sn]([O]c2ccccc2)[O]c2ccccc2)cc1.c1ccc([O][Sn]([O]c2ccccc2)[O]c2ccccc2)cc1. The van der Waals surface area contributed by atoms with Gasteiger partial charge in [-0.3, -0.25) is 0 Å². The molecule has 0 heterocycles. The van der Waals surface area contributed by atoms with Crippen LogP contribution in [0.2, 0.25) is 0 Å². The molecule has 12 aromatic carbocycles. The van der Waals surface area contributed by atoms with Gasteiger partial charge in [0.15, 0.2) is 0 Å². The predicted molar refractivity (Wildman–Crippen MR) is 379 cm³/mol. The van der Waals surface area contributed by atoms with Crippen LogP contribution in [0, 0.1) is 41.5 Å². The second kappa shape index (κ2) is 39.9. The molecular formula is C78H72O12P2PtSn2+2. The van der Waals surface area contributed by atoms with Gasteiger partial charge < -0.3 is 27.1 Å². The summed E-state index contributed by atoms with van der Waals surface area (Å²) in [5.74, 6) is 9.16. The van der Waals surface area contributed by atoms with Gasteiger partial charge in [0.1, 0.15) is 34.5 Å². The molecule has 0 aromatic heterocycles. The summed E-state index contributed by atoms with van der Waals surface area (Å²) in [6.45, 7) is 12.0. The zero-order valence-corrected chi connectivity index (χ0v) is 63.1. The topological polar surface area (TPSA) is 111 Å². The third-order valence-corrected chi connectivity index (χ3v) is 22.2. The number of hydrogen-bond donors (Lipinski definition) is 0. The Morgan fingerprint density at radius 1 is 0.179 bits per heavy atom. The van der Waals surface area contributed by atoms with Gasteiger partial charge in [0.25, 0.3) is 0 Å². The van der Waals surface area contributed by atoms with E-state index in [-0.39, 0.29) is 21.1 Å². The third kappa shape index (κ3) is 25.2. The van der Waals surface area contributed by atoms with E-state index in [4.69, 9.17) is 45.6 Å². The Bertz CT molecular complexity index is 3430. The quantitative estimate of drug-likeness (QED) is 0.0424. The molecule has 0 aliphatic heterocycles. The molecule has 0 unspecified atom stereocenters. The summed E-state index contributed by atoms with van der Waals surface area (Å²) < 4.78 is 72.3. The van der Waals surface area contributed by atoms with Crippen molar-refractivity contribution in [1.29, 1.82) is 0 Å². The Kier molecular flexibility index (Phi) is 30.4. The van der Waals surface area contributed by atoms with Gasteiger partial charge in [-0.05, 0) is 111 Å². The van der Waals surface area contributed by atoms with E-state index in [1.54, 1.807) is 0 Å². The Morgan fingerprint density at radius 3 is 0.442 bits per heavy atom. The van der Waals surface area contributed by atoms with Gasteiger partial charge in [-0.2, -0.15) is 0 Å².